The van der Waals surface area contributed by atoms with Crippen molar-refractivity contribution < 1.29 is 31.1 Å². The van der Waals surface area contributed by atoms with Crippen molar-refractivity contribution in [3.63, 3.8) is 0 Å². The van der Waals surface area contributed by atoms with E-state index in [0.29, 0.717) is 17.5 Å². The molecule has 1 atom stereocenters. The summed E-state index contributed by atoms with van der Waals surface area (Å²) in [4.78, 5) is 15.8. The van der Waals surface area contributed by atoms with Gasteiger partial charge in [-0.3, -0.25) is 4.79 Å². The summed E-state index contributed by atoms with van der Waals surface area (Å²) in [6, 6.07) is 2.21. The van der Waals surface area contributed by atoms with Crippen LogP contribution in [-0.4, -0.2) is 41.4 Å². The van der Waals surface area contributed by atoms with Gasteiger partial charge in [0.2, 0.25) is 10.0 Å². The summed E-state index contributed by atoms with van der Waals surface area (Å²) < 4.78 is 72.2. The number of ether oxygens (including phenoxy) is 1. The van der Waals surface area contributed by atoms with Gasteiger partial charge in [0.25, 0.3) is 0 Å². The zero-order valence-corrected chi connectivity index (χ0v) is 15.2. The van der Waals surface area contributed by atoms with Crippen molar-refractivity contribution in [1.82, 2.24) is 13.9 Å². The van der Waals surface area contributed by atoms with Crippen LogP contribution in [0.5, 0.6) is 0 Å². The lowest BCUT2D eigenvalue weighted by Crippen LogP contribution is -2.49. The van der Waals surface area contributed by atoms with Crippen LogP contribution < -0.4 is 0 Å². The smallest absolute Gasteiger partial charge is 0.416 e. The quantitative estimate of drug-likeness (QED) is 0.729. The Morgan fingerprint density at radius 3 is 2.67 bits per heavy atom. The average molecular weight is 403 g/mol. The van der Waals surface area contributed by atoms with Gasteiger partial charge in [0.1, 0.15) is 6.04 Å². The number of rotatable bonds is 3. The first-order valence-corrected chi connectivity index (χ1v) is 9.25. The molecule has 0 N–H and O–H groups in total. The fourth-order valence-corrected chi connectivity index (χ4v) is 4.56. The van der Waals surface area contributed by atoms with E-state index in [0.717, 1.165) is 29.6 Å². The highest BCUT2D eigenvalue weighted by molar-refractivity contribution is 7.89. The Labute approximate surface area is 153 Å². The molecule has 1 aromatic carbocycles. The van der Waals surface area contributed by atoms with Gasteiger partial charge >= 0.3 is 12.1 Å². The molecule has 1 aliphatic heterocycles. The number of methoxy groups -OCH3 is 1. The average Bonchev–Trinajstić information content (AvgIpc) is 2.99. The van der Waals surface area contributed by atoms with Gasteiger partial charge in [-0.25, -0.2) is 13.4 Å². The van der Waals surface area contributed by atoms with Gasteiger partial charge < -0.3 is 9.30 Å². The number of aromatic nitrogens is 2. The predicted molar refractivity (Wildman–Crippen MR) is 86.9 cm³/mol. The van der Waals surface area contributed by atoms with Crippen LogP contribution in [0.4, 0.5) is 13.2 Å². The van der Waals surface area contributed by atoms with Gasteiger partial charge in [-0.05, 0) is 18.2 Å². The van der Waals surface area contributed by atoms with Crippen molar-refractivity contribution in [2.24, 2.45) is 7.05 Å². The summed E-state index contributed by atoms with van der Waals surface area (Å²) in [7, 11) is -1.61. The first-order chi connectivity index (χ1) is 12.6. The van der Waals surface area contributed by atoms with Crippen LogP contribution >= 0.6 is 0 Å². The number of nitrogens with zero attached hydrogens (tertiary/aromatic N) is 3. The first-order valence-electron chi connectivity index (χ1n) is 7.81. The second-order valence-corrected chi connectivity index (χ2v) is 7.96. The monoisotopic (exact) mass is 403 g/mol. The number of alkyl halides is 3. The van der Waals surface area contributed by atoms with Crippen LogP contribution in [0.1, 0.15) is 17.0 Å². The molecular formula is C16H16F3N3O4S. The maximum absolute atomic E-state index is 13.1. The lowest BCUT2D eigenvalue weighted by molar-refractivity contribution is -0.145. The van der Waals surface area contributed by atoms with E-state index in [4.69, 9.17) is 4.74 Å². The largest absolute Gasteiger partial charge is 0.468 e. The van der Waals surface area contributed by atoms with E-state index < -0.39 is 38.7 Å². The molecule has 1 aliphatic rings. The molecule has 0 spiro atoms. The molecular weight excluding hydrogens is 387 g/mol. The van der Waals surface area contributed by atoms with E-state index in [-0.39, 0.29) is 13.0 Å². The molecule has 2 heterocycles. The molecule has 0 aliphatic carbocycles. The van der Waals surface area contributed by atoms with Crippen molar-refractivity contribution in [2.45, 2.75) is 30.1 Å². The third kappa shape index (κ3) is 3.44. The van der Waals surface area contributed by atoms with Gasteiger partial charge in [0, 0.05) is 13.5 Å². The molecule has 3 rings (SSSR count). The molecule has 0 radical (unpaired) electrons. The highest BCUT2D eigenvalue weighted by Crippen LogP contribution is 2.33. The minimum absolute atomic E-state index is 0.0267. The van der Waals surface area contributed by atoms with Gasteiger partial charge in [0.05, 0.1) is 41.8 Å². The fourth-order valence-electron chi connectivity index (χ4n) is 2.98. The lowest BCUT2D eigenvalue weighted by atomic mass is 10.1. The SMILES string of the molecule is COC(=O)[C@@H]1Cc2ncn(C)c2CN1S(=O)(=O)c1cccc(C(F)(F)F)c1. The van der Waals surface area contributed by atoms with Gasteiger partial charge in [0.15, 0.2) is 0 Å². The van der Waals surface area contributed by atoms with Crippen LogP contribution in [0.15, 0.2) is 35.5 Å². The van der Waals surface area contributed by atoms with Gasteiger partial charge in [-0.1, -0.05) is 6.07 Å². The zero-order valence-electron chi connectivity index (χ0n) is 14.4. The van der Waals surface area contributed by atoms with Gasteiger partial charge in [-0.2, -0.15) is 17.5 Å². The van der Waals surface area contributed by atoms with Crippen LogP contribution in [-0.2, 0) is 45.7 Å². The summed E-state index contributed by atoms with van der Waals surface area (Å²) in [5, 5.41) is 0. The molecule has 0 saturated heterocycles. The normalized spacial score (nSPS) is 18.2. The predicted octanol–water partition coefficient (Wildman–Crippen LogP) is 1.73. The van der Waals surface area contributed by atoms with E-state index in [2.05, 4.69) is 4.98 Å². The van der Waals surface area contributed by atoms with E-state index in [1.165, 1.54) is 6.33 Å². The third-order valence-corrected chi connectivity index (χ3v) is 6.28. The number of hydrogen-bond acceptors (Lipinski definition) is 5. The molecule has 0 unspecified atom stereocenters. The lowest BCUT2D eigenvalue weighted by Gasteiger charge is -2.32. The second-order valence-electron chi connectivity index (χ2n) is 6.07. The van der Waals surface area contributed by atoms with Crippen LogP contribution in [0.25, 0.3) is 0 Å². The number of imidazole rings is 1. The van der Waals surface area contributed by atoms with Crippen LogP contribution in [0.3, 0.4) is 0 Å². The highest BCUT2D eigenvalue weighted by Gasteiger charge is 2.42. The Morgan fingerprint density at radius 1 is 1.33 bits per heavy atom. The number of carbonyl (C=O) groups excluding carboxylic acids is 1. The van der Waals surface area contributed by atoms with E-state index >= 15 is 0 Å². The summed E-state index contributed by atoms with van der Waals surface area (Å²) in [5.41, 5.74) is 0.0190. The molecule has 11 heteroatoms. The summed E-state index contributed by atoms with van der Waals surface area (Å²) in [5.74, 6) is -0.804. The fraction of sp³-hybridized carbons (Fsp3) is 0.375. The Morgan fingerprint density at radius 2 is 2.04 bits per heavy atom. The van der Waals surface area contributed by atoms with Crippen LogP contribution in [0.2, 0.25) is 0 Å². The minimum Gasteiger partial charge on any atom is -0.468 e. The standard InChI is InChI=1S/C16H16F3N3O4S/c1-21-9-20-12-7-13(15(23)26-2)22(8-14(12)21)27(24,25)11-5-3-4-10(6-11)16(17,18)19/h3-6,9,13H,7-8H2,1-2H3/t13-/m0/s1. The van der Waals surface area contributed by atoms with Crippen molar-refractivity contribution >= 4 is 16.0 Å². The molecule has 27 heavy (non-hydrogen) atoms. The summed E-state index contributed by atoms with van der Waals surface area (Å²) in [6.07, 6.45) is -3.23. The Hall–Kier alpha value is -2.40. The number of carbonyl (C=O) groups is 1. The molecule has 7 nitrogen and oxygen atoms in total. The van der Waals surface area contributed by atoms with E-state index in [1.807, 2.05) is 0 Å². The highest BCUT2D eigenvalue weighted by atomic mass is 32.2. The molecule has 1 aromatic heterocycles. The number of fused-ring (bicyclic) bond motifs is 1. The minimum atomic E-state index is -4.69. The Balaban J connectivity index is 2.08. The summed E-state index contributed by atoms with van der Waals surface area (Å²) in [6.45, 7) is -0.204. The van der Waals surface area contributed by atoms with Crippen LogP contribution in [0, 0.1) is 0 Å². The van der Waals surface area contributed by atoms with E-state index in [9.17, 15) is 26.4 Å². The first kappa shape index (κ1) is 19.4. The van der Waals surface area contributed by atoms with Gasteiger partial charge in [-0.15, -0.1) is 0 Å². The number of aryl methyl sites for hydroxylation is 1. The zero-order chi connectivity index (χ0) is 20.0. The molecule has 0 amide bonds. The van der Waals surface area contributed by atoms with Crippen molar-refractivity contribution in [1.29, 1.82) is 0 Å². The maximum Gasteiger partial charge on any atom is 0.416 e. The maximum atomic E-state index is 13.1. The van der Waals surface area contributed by atoms with Crippen molar-refractivity contribution in [3.05, 3.63) is 47.5 Å². The third-order valence-electron chi connectivity index (χ3n) is 4.43. The Kier molecular flexibility index (Phi) is 4.76. The molecule has 0 bridgehead atoms. The Bertz CT molecular complexity index is 985. The van der Waals surface area contributed by atoms with Crippen molar-refractivity contribution in [2.75, 3.05) is 7.11 Å². The number of hydrogen-bond donors (Lipinski definition) is 0. The van der Waals surface area contributed by atoms with E-state index in [1.54, 1.807) is 11.6 Å². The van der Waals surface area contributed by atoms with Crippen molar-refractivity contribution in [3.8, 4) is 0 Å². The molecule has 0 saturated carbocycles. The number of esters is 1. The molecule has 146 valence electrons. The summed E-state index contributed by atoms with van der Waals surface area (Å²) >= 11 is 0. The second kappa shape index (κ2) is 6.64. The number of halogens is 3. The number of benzene rings is 1. The number of sulfonamides is 1. The molecule has 0 fully saturated rings. The molecule has 2 aromatic rings. The topological polar surface area (TPSA) is 81.5 Å².